The van der Waals surface area contributed by atoms with Gasteiger partial charge in [-0.05, 0) is 82.7 Å². The second-order valence-corrected chi connectivity index (χ2v) is 14.8. The van der Waals surface area contributed by atoms with Gasteiger partial charge in [0, 0.05) is 44.0 Å². The van der Waals surface area contributed by atoms with E-state index in [4.69, 9.17) is 11.1 Å². The van der Waals surface area contributed by atoms with Crippen LogP contribution in [0.25, 0.3) is 82.2 Å². The molecule has 0 amide bonds. The molecule has 0 aliphatic heterocycles. The quantitative estimate of drug-likeness (QED) is 0.134. The van der Waals surface area contributed by atoms with E-state index in [1.807, 2.05) is 60.7 Å². The minimum Gasteiger partial charge on any atom is -0.398 e. The first-order chi connectivity index (χ1) is 28.5. The maximum atomic E-state index is 8.62. The fourth-order valence-electron chi connectivity index (χ4n) is 8.57. The number of hydrogen-bond donors (Lipinski definition) is 2. The van der Waals surface area contributed by atoms with Crippen LogP contribution in [0.1, 0.15) is 16.7 Å². The van der Waals surface area contributed by atoms with Gasteiger partial charge in [0.1, 0.15) is 0 Å². The van der Waals surface area contributed by atoms with E-state index in [2.05, 4.69) is 156 Å². The smallest absolute Gasteiger partial charge is 0.0632 e. The highest BCUT2D eigenvalue weighted by molar-refractivity contribution is 6.29. The molecule has 0 spiro atoms. The molecule has 0 atom stereocenters. The van der Waals surface area contributed by atoms with E-state index in [-0.39, 0.29) is 0 Å². The molecule has 0 aliphatic rings. The number of hydrogen-bond acceptors (Lipinski definition) is 2. The van der Waals surface area contributed by atoms with E-state index in [0.29, 0.717) is 11.4 Å². The normalized spacial score (nSPS) is 11.8. The molecule has 0 bridgehead atoms. The Bertz CT molecular complexity index is 3350. The number of para-hydroxylation sites is 3. The standard InChI is InChI=1S/C47H32N4.C7H8/c48-41(30-12-3-1-4-13-30)29-42(49)31-14-11-17-33(28-31)50-44-21-10-8-19-40(44)46-37-23-25-38-35(34(37)26-27-45(46)50)22-24-39-36-18-7-9-20-43(36)51(47(38)39)32-15-5-2-6-16-32;1-7-5-3-2-4-6-7/h1-29,48H,49H2;2-6H,1H3/b42-29-,48-41?;. The highest BCUT2D eigenvalue weighted by Crippen LogP contribution is 2.42. The lowest BCUT2D eigenvalue weighted by atomic mass is 9.96. The summed E-state index contributed by atoms with van der Waals surface area (Å²) in [5.41, 5.74) is 17.5. The molecule has 2 aromatic heterocycles. The summed E-state index contributed by atoms with van der Waals surface area (Å²) < 4.78 is 4.75. The van der Waals surface area contributed by atoms with Crippen molar-refractivity contribution in [2.45, 2.75) is 6.92 Å². The minimum absolute atomic E-state index is 0.385. The maximum Gasteiger partial charge on any atom is 0.0632 e. The third-order valence-electron chi connectivity index (χ3n) is 11.2. The maximum absolute atomic E-state index is 8.62. The van der Waals surface area contributed by atoms with E-state index in [9.17, 15) is 0 Å². The second kappa shape index (κ2) is 14.4. The van der Waals surface area contributed by atoms with Crippen LogP contribution in [-0.2, 0) is 0 Å². The molecule has 0 fully saturated rings. The van der Waals surface area contributed by atoms with Crippen molar-refractivity contribution in [3.8, 4) is 11.4 Å². The molecule has 58 heavy (non-hydrogen) atoms. The van der Waals surface area contributed by atoms with Crippen LogP contribution in [0.5, 0.6) is 0 Å². The minimum atomic E-state index is 0.385. The Morgan fingerprint density at radius 2 is 0.948 bits per heavy atom. The van der Waals surface area contributed by atoms with Crippen molar-refractivity contribution in [1.29, 1.82) is 5.41 Å². The first kappa shape index (κ1) is 34.8. The van der Waals surface area contributed by atoms with Crippen LogP contribution in [0, 0.1) is 12.3 Å². The number of fused-ring (bicyclic) bond motifs is 11. The monoisotopic (exact) mass is 744 g/mol. The van der Waals surface area contributed by atoms with Gasteiger partial charge in [-0.25, -0.2) is 0 Å². The predicted octanol–water partition coefficient (Wildman–Crippen LogP) is 13.5. The molecular formula is C54H40N4. The summed E-state index contributed by atoms with van der Waals surface area (Å²) in [4.78, 5) is 0. The molecule has 0 aliphatic carbocycles. The number of aryl methyl sites for hydroxylation is 1. The number of nitrogens with two attached hydrogens (primary N) is 1. The molecule has 0 saturated carbocycles. The first-order valence-electron chi connectivity index (χ1n) is 19.6. The molecule has 3 N–H and O–H groups in total. The largest absolute Gasteiger partial charge is 0.398 e. The molecule has 4 nitrogen and oxygen atoms in total. The first-order valence-corrected chi connectivity index (χ1v) is 19.6. The summed E-state index contributed by atoms with van der Waals surface area (Å²) in [6.45, 7) is 2.08. The summed E-state index contributed by atoms with van der Waals surface area (Å²) in [6, 6.07) is 70.1. The van der Waals surface area contributed by atoms with Gasteiger partial charge >= 0.3 is 0 Å². The number of benzene rings is 9. The zero-order valence-corrected chi connectivity index (χ0v) is 32.1. The van der Waals surface area contributed by atoms with Gasteiger partial charge in [-0.3, -0.25) is 0 Å². The topological polar surface area (TPSA) is 59.7 Å². The molecule has 11 aromatic rings. The highest BCUT2D eigenvalue weighted by Gasteiger charge is 2.19. The molecule has 276 valence electrons. The number of allylic oxidation sites excluding steroid dienone is 1. The Hall–Kier alpha value is -7.69. The van der Waals surface area contributed by atoms with Gasteiger partial charge in [0.2, 0.25) is 0 Å². The van der Waals surface area contributed by atoms with E-state index < -0.39 is 0 Å². The molecule has 0 radical (unpaired) electrons. The zero-order chi connectivity index (χ0) is 39.2. The summed E-state index contributed by atoms with van der Waals surface area (Å²) in [7, 11) is 0. The van der Waals surface area contributed by atoms with Crippen LogP contribution in [-0.4, -0.2) is 14.8 Å². The van der Waals surface area contributed by atoms with Crippen molar-refractivity contribution in [3.05, 3.63) is 223 Å². The van der Waals surface area contributed by atoms with Crippen LogP contribution >= 0.6 is 0 Å². The van der Waals surface area contributed by atoms with Crippen LogP contribution in [0.2, 0.25) is 0 Å². The molecule has 11 rings (SSSR count). The third-order valence-corrected chi connectivity index (χ3v) is 11.2. The Kier molecular flexibility index (Phi) is 8.65. The zero-order valence-electron chi connectivity index (χ0n) is 32.1. The van der Waals surface area contributed by atoms with Crippen LogP contribution in [0.3, 0.4) is 0 Å². The van der Waals surface area contributed by atoms with Crippen LogP contribution in [0.15, 0.2) is 206 Å². The summed E-state index contributed by atoms with van der Waals surface area (Å²) >= 11 is 0. The summed E-state index contributed by atoms with van der Waals surface area (Å²) in [5, 5.41) is 18.5. The highest BCUT2D eigenvalue weighted by atomic mass is 15.0. The van der Waals surface area contributed by atoms with Crippen molar-refractivity contribution in [1.82, 2.24) is 9.13 Å². The molecular weight excluding hydrogens is 705 g/mol. The van der Waals surface area contributed by atoms with E-state index >= 15 is 0 Å². The second-order valence-electron chi connectivity index (χ2n) is 14.8. The van der Waals surface area contributed by atoms with Gasteiger partial charge in [0.15, 0.2) is 0 Å². The number of nitrogens with one attached hydrogen (secondary N) is 1. The van der Waals surface area contributed by atoms with Gasteiger partial charge in [-0.15, -0.1) is 0 Å². The lowest BCUT2D eigenvalue weighted by Gasteiger charge is -2.13. The number of aromatic nitrogens is 2. The molecule has 2 heterocycles. The van der Waals surface area contributed by atoms with Gasteiger partial charge in [-0.2, -0.15) is 0 Å². The van der Waals surface area contributed by atoms with Crippen LogP contribution in [0.4, 0.5) is 0 Å². The Balaban J connectivity index is 0.000000530. The van der Waals surface area contributed by atoms with E-state index in [0.717, 1.165) is 33.5 Å². The van der Waals surface area contributed by atoms with Crippen molar-refractivity contribution in [2.24, 2.45) is 5.73 Å². The molecule has 4 heteroatoms. The average molecular weight is 745 g/mol. The van der Waals surface area contributed by atoms with E-state index in [1.165, 1.54) is 59.7 Å². The third kappa shape index (κ3) is 5.91. The molecule has 0 saturated heterocycles. The lowest BCUT2D eigenvalue weighted by molar-refractivity contribution is 1.18. The Labute approximate surface area is 336 Å². The van der Waals surface area contributed by atoms with Gasteiger partial charge < -0.3 is 20.3 Å². The molecule has 0 unspecified atom stereocenters. The average Bonchev–Trinajstić information content (AvgIpc) is 3.81. The fraction of sp³-hybridized carbons (Fsp3) is 0.0185. The van der Waals surface area contributed by atoms with Crippen LogP contribution < -0.4 is 5.73 Å². The van der Waals surface area contributed by atoms with Crippen molar-refractivity contribution >= 4 is 76.6 Å². The summed E-state index contributed by atoms with van der Waals surface area (Å²) in [6.07, 6.45) is 1.74. The Morgan fingerprint density at radius 1 is 0.431 bits per heavy atom. The SMILES string of the molecule is Cc1ccccc1.N=C(/C=C(\N)c1cccc(-n2c3ccccc3c3c4ccc5c(ccc6c7ccccc7n(-c7ccccc7)c56)c4ccc32)c1)c1ccccc1. The van der Waals surface area contributed by atoms with Gasteiger partial charge in [-0.1, -0.05) is 163 Å². The van der Waals surface area contributed by atoms with Crippen molar-refractivity contribution in [3.63, 3.8) is 0 Å². The number of rotatable bonds is 5. The fourth-order valence-corrected chi connectivity index (χ4v) is 8.57. The number of nitrogens with zero attached hydrogens (tertiary/aromatic N) is 2. The predicted molar refractivity (Wildman–Crippen MR) is 247 cm³/mol. The summed E-state index contributed by atoms with van der Waals surface area (Å²) in [5.74, 6) is 0. The van der Waals surface area contributed by atoms with Gasteiger partial charge in [0.25, 0.3) is 0 Å². The molecule has 9 aromatic carbocycles. The van der Waals surface area contributed by atoms with Gasteiger partial charge in [0.05, 0.1) is 27.8 Å². The lowest BCUT2D eigenvalue weighted by Crippen LogP contribution is -2.03. The van der Waals surface area contributed by atoms with Crippen molar-refractivity contribution in [2.75, 3.05) is 0 Å². The Morgan fingerprint density at radius 3 is 1.66 bits per heavy atom. The van der Waals surface area contributed by atoms with E-state index in [1.54, 1.807) is 6.08 Å². The van der Waals surface area contributed by atoms with Crippen molar-refractivity contribution < 1.29 is 0 Å².